The molecule has 0 aliphatic rings. The van der Waals surface area contributed by atoms with Crippen molar-refractivity contribution in [3.05, 3.63) is 47.0 Å². The monoisotopic (exact) mass is 373 g/mol. The number of nitrogens with one attached hydrogen (secondary N) is 1. The zero-order valence-corrected chi connectivity index (χ0v) is 15.8. The van der Waals surface area contributed by atoms with Crippen LogP contribution in [-0.4, -0.2) is 38.3 Å². The number of anilines is 1. The summed E-state index contributed by atoms with van der Waals surface area (Å²) in [6.07, 6.45) is 0.620. The minimum Gasteiger partial charge on any atom is -0.493 e. The topological polar surface area (TPSA) is 94.1 Å². The van der Waals surface area contributed by atoms with E-state index in [0.29, 0.717) is 34.9 Å². The van der Waals surface area contributed by atoms with Crippen molar-refractivity contribution in [1.29, 1.82) is 0 Å². The third-order valence-electron chi connectivity index (χ3n) is 4.16. The van der Waals surface area contributed by atoms with Crippen LogP contribution >= 0.6 is 0 Å². The fourth-order valence-electron chi connectivity index (χ4n) is 2.76. The Labute approximate surface area is 157 Å². The summed E-state index contributed by atoms with van der Waals surface area (Å²) in [6.45, 7) is 1.71. The minimum absolute atomic E-state index is 0.161. The highest BCUT2D eigenvalue weighted by atomic mass is 16.5. The first-order valence-corrected chi connectivity index (χ1v) is 8.32. The lowest BCUT2D eigenvalue weighted by Crippen LogP contribution is -2.13. The highest BCUT2D eigenvalue weighted by Gasteiger charge is 2.17. The van der Waals surface area contributed by atoms with E-state index in [0.717, 1.165) is 5.56 Å². The van der Waals surface area contributed by atoms with Gasteiger partial charge in [0.05, 0.1) is 26.9 Å². The Balaban J connectivity index is 2.10. The molecule has 0 aromatic heterocycles. The summed E-state index contributed by atoms with van der Waals surface area (Å²) < 4.78 is 16.0. The Bertz CT molecular complexity index is 847. The summed E-state index contributed by atoms with van der Waals surface area (Å²) in [5, 5.41) is 11.9. The Kier molecular flexibility index (Phi) is 6.65. The predicted octanol–water partition coefficient (Wildman–Crippen LogP) is 3.29. The Morgan fingerprint density at radius 1 is 1.00 bits per heavy atom. The number of aromatic carboxylic acids is 1. The standard InChI is InChI=1S/C20H23NO6/c1-12-5-8-14(11-15(12)20(23)24)21-17(22)10-7-13-6-9-16(25-2)19(27-4)18(13)26-3/h5-6,8-9,11H,7,10H2,1-4H3,(H,21,22)(H,23,24). The van der Waals surface area contributed by atoms with Gasteiger partial charge in [-0.2, -0.15) is 0 Å². The lowest BCUT2D eigenvalue weighted by atomic mass is 10.1. The maximum Gasteiger partial charge on any atom is 0.336 e. The van der Waals surface area contributed by atoms with Crippen LogP contribution in [0.4, 0.5) is 5.69 Å². The van der Waals surface area contributed by atoms with Crippen molar-refractivity contribution in [1.82, 2.24) is 0 Å². The van der Waals surface area contributed by atoms with Crippen LogP contribution in [-0.2, 0) is 11.2 Å². The van der Waals surface area contributed by atoms with Gasteiger partial charge in [0.15, 0.2) is 11.5 Å². The van der Waals surface area contributed by atoms with Crippen molar-refractivity contribution >= 4 is 17.6 Å². The fraction of sp³-hybridized carbons (Fsp3) is 0.300. The van der Waals surface area contributed by atoms with Gasteiger partial charge >= 0.3 is 5.97 Å². The molecule has 0 aliphatic heterocycles. The minimum atomic E-state index is -1.03. The van der Waals surface area contributed by atoms with Crippen LogP contribution in [0.2, 0.25) is 0 Å². The molecule has 0 saturated heterocycles. The van der Waals surface area contributed by atoms with E-state index in [4.69, 9.17) is 14.2 Å². The molecular weight excluding hydrogens is 350 g/mol. The van der Waals surface area contributed by atoms with Crippen LogP contribution in [0.25, 0.3) is 0 Å². The number of methoxy groups -OCH3 is 3. The maximum absolute atomic E-state index is 12.3. The normalized spacial score (nSPS) is 10.2. The van der Waals surface area contributed by atoms with E-state index in [1.807, 2.05) is 6.07 Å². The molecule has 0 spiro atoms. The third kappa shape index (κ3) is 4.69. The van der Waals surface area contributed by atoms with Gasteiger partial charge in [-0.15, -0.1) is 0 Å². The molecule has 2 rings (SSSR count). The molecule has 0 aliphatic carbocycles. The predicted molar refractivity (Wildman–Crippen MR) is 101 cm³/mol. The van der Waals surface area contributed by atoms with Crippen molar-refractivity contribution in [3.63, 3.8) is 0 Å². The molecule has 1 amide bonds. The molecule has 7 heteroatoms. The van der Waals surface area contributed by atoms with E-state index in [9.17, 15) is 14.7 Å². The Morgan fingerprint density at radius 2 is 1.70 bits per heavy atom. The van der Waals surface area contributed by atoms with Crippen molar-refractivity contribution in [2.45, 2.75) is 19.8 Å². The average Bonchev–Trinajstić information content (AvgIpc) is 2.66. The second kappa shape index (κ2) is 8.93. The van der Waals surface area contributed by atoms with Crippen molar-refractivity contribution in [2.24, 2.45) is 0 Å². The van der Waals surface area contributed by atoms with E-state index in [-0.39, 0.29) is 17.9 Å². The molecule has 0 unspecified atom stereocenters. The van der Waals surface area contributed by atoms with Gasteiger partial charge < -0.3 is 24.6 Å². The van der Waals surface area contributed by atoms with Gasteiger partial charge in [-0.1, -0.05) is 12.1 Å². The van der Waals surface area contributed by atoms with E-state index < -0.39 is 5.97 Å². The van der Waals surface area contributed by atoms with Crippen LogP contribution in [0.5, 0.6) is 17.2 Å². The van der Waals surface area contributed by atoms with Gasteiger partial charge in [0.1, 0.15) is 0 Å². The van der Waals surface area contributed by atoms with Gasteiger partial charge in [-0.05, 0) is 42.7 Å². The first kappa shape index (κ1) is 20.1. The molecule has 0 saturated carbocycles. The van der Waals surface area contributed by atoms with Crippen LogP contribution in [0.3, 0.4) is 0 Å². The molecule has 0 atom stereocenters. The second-order valence-corrected chi connectivity index (χ2v) is 5.88. The quantitative estimate of drug-likeness (QED) is 0.737. The van der Waals surface area contributed by atoms with Gasteiger partial charge in [0, 0.05) is 12.1 Å². The molecule has 0 radical (unpaired) electrons. The van der Waals surface area contributed by atoms with Gasteiger partial charge in [-0.25, -0.2) is 4.79 Å². The Hall–Kier alpha value is -3.22. The summed E-state index contributed by atoms with van der Waals surface area (Å²) in [6, 6.07) is 8.37. The molecule has 2 N–H and O–H groups in total. The molecule has 27 heavy (non-hydrogen) atoms. The highest BCUT2D eigenvalue weighted by molar-refractivity contribution is 5.94. The number of carboxylic acids is 1. The van der Waals surface area contributed by atoms with E-state index >= 15 is 0 Å². The largest absolute Gasteiger partial charge is 0.493 e. The number of hydrogen-bond acceptors (Lipinski definition) is 5. The molecule has 0 heterocycles. The lowest BCUT2D eigenvalue weighted by molar-refractivity contribution is -0.116. The van der Waals surface area contributed by atoms with E-state index in [1.165, 1.54) is 27.4 Å². The average molecular weight is 373 g/mol. The smallest absolute Gasteiger partial charge is 0.336 e. The highest BCUT2D eigenvalue weighted by Crippen LogP contribution is 2.40. The molecule has 7 nitrogen and oxygen atoms in total. The van der Waals surface area contributed by atoms with E-state index in [1.54, 1.807) is 25.1 Å². The fourth-order valence-corrected chi connectivity index (χ4v) is 2.76. The van der Waals surface area contributed by atoms with Crippen LogP contribution in [0.15, 0.2) is 30.3 Å². The zero-order valence-electron chi connectivity index (χ0n) is 15.8. The lowest BCUT2D eigenvalue weighted by Gasteiger charge is -2.15. The van der Waals surface area contributed by atoms with E-state index in [2.05, 4.69) is 5.32 Å². The summed E-state index contributed by atoms with van der Waals surface area (Å²) in [7, 11) is 4.59. The molecule has 2 aromatic rings. The first-order valence-electron chi connectivity index (χ1n) is 8.32. The number of carbonyl (C=O) groups excluding carboxylic acids is 1. The summed E-state index contributed by atoms with van der Waals surface area (Å²) in [5.41, 5.74) is 2.05. The van der Waals surface area contributed by atoms with Gasteiger partial charge in [-0.3, -0.25) is 4.79 Å². The number of ether oxygens (including phenoxy) is 3. The summed E-state index contributed by atoms with van der Waals surface area (Å²) >= 11 is 0. The second-order valence-electron chi connectivity index (χ2n) is 5.88. The number of amides is 1. The van der Waals surface area contributed by atoms with Crippen molar-refractivity contribution in [2.75, 3.05) is 26.6 Å². The van der Waals surface area contributed by atoms with Crippen LogP contribution < -0.4 is 19.5 Å². The van der Waals surface area contributed by atoms with Gasteiger partial charge in [0.2, 0.25) is 11.7 Å². The van der Waals surface area contributed by atoms with Crippen LogP contribution in [0.1, 0.15) is 27.9 Å². The van der Waals surface area contributed by atoms with Gasteiger partial charge in [0.25, 0.3) is 0 Å². The molecule has 144 valence electrons. The van der Waals surface area contributed by atoms with Crippen molar-refractivity contribution < 1.29 is 28.9 Å². The SMILES string of the molecule is COc1ccc(CCC(=O)Nc2ccc(C)c(C(=O)O)c2)c(OC)c1OC. The summed E-state index contributed by atoms with van der Waals surface area (Å²) in [5.74, 6) is 0.282. The number of carboxylic acid groups (broad SMARTS) is 1. The van der Waals surface area contributed by atoms with Crippen LogP contribution in [0, 0.1) is 6.92 Å². The zero-order chi connectivity index (χ0) is 20.0. The van der Waals surface area contributed by atoms with Crippen molar-refractivity contribution in [3.8, 4) is 17.2 Å². The molecular formula is C20H23NO6. The number of rotatable bonds is 8. The summed E-state index contributed by atoms with van der Waals surface area (Å²) in [4.78, 5) is 23.5. The Morgan fingerprint density at radius 3 is 2.30 bits per heavy atom. The number of benzene rings is 2. The third-order valence-corrected chi connectivity index (χ3v) is 4.16. The molecule has 0 bridgehead atoms. The molecule has 2 aromatic carbocycles. The number of aryl methyl sites for hydroxylation is 2. The number of carbonyl (C=O) groups is 2. The first-order chi connectivity index (χ1) is 12.9. The molecule has 0 fully saturated rings. The number of hydrogen-bond donors (Lipinski definition) is 2. The maximum atomic E-state index is 12.3.